The normalized spacial score (nSPS) is 10.8. The van der Waals surface area contributed by atoms with E-state index in [1.54, 1.807) is 18.3 Å². The Morgan fingerprint density at radius 1 is 1.04 bits per heavy atom. The molecule has 0 aliphatic rings. The number of hydrogen-bond acceptors (Lipinski definition) is 2. The number of amides is 1. The maximum absolute atomic E-state index is 12.2. The van der Waals surface area contributed by atoms with Crippen molar-refractivity contribution in [2.75, 3.05) is 6.54 Å². The van der Waals surface area contributed by atoms with Crippen molar-refractivity contribution in [3.05, 3.63) is 75.9 Å². The molecule has 3 rings (SSSR count). The molecular weight excluding hydrogens is 343 g/mol. The largest absolute Gasteiger partial charge is 0.355 e. The summed E-state index contributed by atoms with van der Waals surface area (Å²) < 4.78 is 0. The van der Waals surface area contributed by atoms with Crippen LogP contribution in [-0.4, -0.2) is 17.4 Å². The van der Waals surface area contributed by atoms with Gasteiger partial charge in [0.05, 0.1) is 11.9 Å². The number of nitrogens with zero attached hydrogens (tertiary/aromatic N) is 1. The van der Waals surface area contributed by atoms with Gasteiger partial charge in [-0.15, -0.1) is 0 Å². The number of aromatic nitrogens is 1. The average molecular weight is 359 g/mol. The Hall–Kier alpha value is -2.10. The Morgan fingerprint density at radius 3 is 2.71 bits per heavy atom. The van der Waals surface area contributed by atoms with Crippen LogP contribution in [0, 0.1) is 0 Å². The van der Waals surface area contributed by atoms with Crippen LogP contribution in [0.15, 0.2) is 54.7 Å². The smallest absolute Gasteiger partial charge is 0.224 e. The molecule has 24 heavy (non-hydrogen) atoms. The van der Waals surface area contributed by atoms with Crippen molar-refractivity contribution in [3.8, 4) is 0 Å². The monoisotopic (exact) mass is 358 g/mol. The van der Waals surface area contributed by atoms with Crippen molar-refractivity contribution in [2.45, 2.75) is 12.8 Å². The van der Waals surface area contributed by atoms with Crippen LogP contribution in [0.5, 0.6) is 0 Å². The third kappa shape index (κ3) is 4.05. The first-order valence-electron chi connectivity index (χ1n) is 7.67. The number of rotatable bonds is 5. The summed E-state index contributed by atoms with van der Waals surface area (Å²) in [6.45, 7) is 0.526. The lowest BCUT2D eigenvalue weighted by Gasteiger charge is -2.08. The van der Waals surface area contributed by atoms with Gasteiger partial charge in [-0.25, -0.2) is 0 Å². The lowest BCUT2D eigenvalue weighted by Crippen LogP contribution is -2.27. The molecule has 122 valence electrons. The van der Waals surface area contributed by atoms with Gasteiger partial charge in [-0.1, -0.05) is 53.5 Å². The van der Waals surface area contributed by atoms with Crippen LogP contribution >= 0.6 is 23.2 Å². The molecule has 0 aliphatic carbocycles. The van der Waals surface area contributed by atoms with Crippen molar-refractivity contribution in [2.24, 2.45) is 0 Å². The van der Waals surface area contributed by atoms with E-state index >= 15 is 0 Å². The van der Waals surface area contributed by atoms with Gasteiger partial charge < -0.3 is 5.32 Å². The van der Waals surface area contributed by atoms with E-state index in [9.17, 15) is 4.79 Å². The first kappa shape index (κ1) is 16.7. The Balaban J connectivity index is 1.59. The predicted molar refractivity (Wildman–Crippen MR) is 98.6 cm³/mol. The third-order valence-electron chi connectivity index (χ3n) is 3.80. The highest BCUT2D eigenvalue weighted by atomic mass is 35.5. The molecule has 1 heterocycles. The SMILES string of the molecule is O=C(Cc1cccc2cccnc12)NCCc1ccc(Cl)cc1Cl. The highest BCUT2D eigenvalue weighted by Crippen LogP contribution is 2.21. The second-order valence-electron chi connectivity index (χ2n) is 5.50. The van der Waals surface area contributed by atoms with Crippen LogP contribution in [0.25, 0.3) is 10.9 Å². The number of pyridine rings is 1. The maximum atomic E-state index is 12.2. The molecule has 0 aliphatic heterocycles. The fraction of sp³-hybridized carbons (Fsp3) is 0.158. The summed E-state index contributed by atoms with van der Waals surface area (Å²) in [6.07, 6.45) is 2.71. The van der Waals surface area contributed by atoms with Gasteiger partial charge in [0.25, 0.3) is 0 Å². The van der Waals surface area contributed by atoms with Gasteiger partial charge in [-0.2, -0.15) is 0 Å². The molecule has 0 atom stereocenters. The molecule has 0 radical (unpaired) electrons. The van der Waals surface area contributed by atoms with Crippen LogP contribution < -0.4 is 5.32 Å². The van der Waals surface area contributed by atoms with Crippen LogP contribution in [0.3, 0.4) is 0 Å². The molecule has 5 heteroatoms. The van der Waals surface area contributed by atoms with Crippen molar-refractivity contribution >= 4 is 40.0 Å². The van der Waals surface area contributed by atoms with E-state index in [4.69, 9.17) is 23.2 Å². The van der Waals surface area contributed by atoms with E-state index < -0.39 is 0 Å². The van der Waals surface area contributed by atoms with E-state index in [0.717, 1.165) is 22.0 Å². The Labute approximate surface area is 150 Å². The van der Waals surface area contributed by atoms with Crippen LogP contribution in [0.1, 0.15) is 11.1 Å². The zero-order valence-corrected chi connectivity index (χ0v) is 14.4. The molecule has 0 unspecified atom stereocenters. The fourth-order valence-corrected chi connectivity index (χ4v) is 3.11. The minimum absolute atomic E-state index is 0.0294. The molecule has 1 aromatic heterocycles. The second kappa shape index (κ2) is 7.65. The first-order chi connectivity index (χ1) is 11.6. The summed E-state index contributed by atoms with van der Waals surface area (Å²) in [4.78, 5) is 16.6. The molecule has 1 N–H and O–H groups in total. The number of hydrogen-bond donors (Lipinski definition) is 1. The molecule has 2 aromatic carbocycles. The predicted octanol–water partition coefficient (Wildman–Crippen LogP) is 4.44. The van der Waals surface area contributed by atoms with Crippen LogP contribution in [0.2, 0.25) is 10.0 Å². The number of para-hydroxylation sites is 1. The maximum Gasteiger partial charge on any atom is 0.224 e. The van der Waals surface area contributed by atoms with E-state index in [1.165, 1.54) is 0 Å². The van der Waals surface area contributed by atoms with Gasteiger partial charge in [-0.05, 0) is 35.7 Å². The van der Waals surface area contributed by atoms with E-state index in [0.29, 0.717) is 29.4 Å². The molecule has 0 spiro atoms. The van der Waals surface area contributed by atoms with Gasteiger partial charge in [0.2, 0.25) is 5.91 Å². The summed E-state index contributed by atoms with van der Waals surface area (Å²) in [5, 5.41) is 5.19. The zero-order valence-electron chi connectivity index (χ0n) is 12.9. The van der Waals surface area contributed by atoms with Crippen LogP contribution in [0.4, 0.5) is 0 Å². The summed E-state index contributed by atoms with van der Waals surface area (Å²) in [6, 6.07) is 15.1. The highest BCUT2D eigenvalue weighted by molar-refractivity contribution is 6.35. The molecule has 0 saturated heterocycles. The standard InChI is InChI=1S/C19H16Cl2N2O/c20-16-7-6-13(17(21)12-16)8-10-22-18(24)11-15-4-1-3-14-5-2-9-23-19(14)15/h1-7,9,12H,8,10-11H2,(H,22,24). The molecule has 1 amide bonds. The molecule has 0 bridgehead atoms. The number of carbonyl (C=O) groups is 1. The topological polar surface area (TPSA) is 42.0 Å². The lowest BCUT2D eigenvalue weighted by atomic mass is 10.1. The number of fused-ring (bicyclic) bond motifs is 1. The highest BCUT2D eigenvalue weighted by Gasteiger charge is 2.08. The lowest BCUT2D eigenvalue weighted by molar-refractivity contribution is -0.120. The van der Waals surface area contributed by atoms with E-state index in [2.05, 4.69) is 10.3 Å². The molecule has 3 aromatic rings. The number of carbonyl (C=O) groups excluding carboxylic acids is 1. The summed E-state index contributed by atoms with van der Waals surface area (Å²) in [7, 11) is 0. The third-order valence-corrected chi connectivity index (χ3v) is 4.39. The second-order valence-corrected chi connectivity index (χ2v) is 6.35. The molecule has 0 fully saturated rings. The Bertz CT molecular complexity index is 875. The van der Waals surface area contributed by atoms with Gasteiger partial charge in [0.15, 0.2) is 0 Å². The molecular formula is C19H16Cl2N2O. The van der Waals surface area contributed by atoms with Crippen molar-refractivity contribution in [1.29, 1.82) is 0 Å². The van der Waals surface area contributed by atoms with Crippen molar-refractivity contribution in [3.63, 3.8) is 0 Å². The minimum atomic E-state index is -0.0294. The van der Waals surface area contributed by atoms with Crippen molar-refractivity contribution < 1.29 is 4.79 Å². The van der Waals surface area contributed by atoms with E-state index in [1.807, 2.05) is 36.4 Å². The summed E-state index contributed by atoms with van der Waals surface area (Å²) in [5.74, 6) is -0.0294. The van der Waals surface area contributed by atoms with Gasteiger partial charge in [0.1, 0.15) is 0 Å². The molecule has 0 saturated carbocycles. The number of benzene rings is 2. The number of nitrogens with one attached hydrogen (secondary N) is 1. The Morgan fingerprint density at radius 2 is 1.88 bits per heavy atom. The average Bonchev–Trinajstić information content (AvgIpc) is 2.57. The van der Waals surface area contributed by atoms with E-state index in [-0.39, 0.29) is 5.91 Å². The van der Waals surface area contributed by atoms with Gasteiger partial charge in [0, 0.05) is 28.2 Å². The zero-order chi connectivity index (χ0) is 16.9. The first-order valence-corrected chi connectivity index (χ1v) is 8.42. The fourth-order valence-electron chi connectivity index (χ4n) is 2.61. The summed E-state index contributed by atoms with van der Waals surface area (Å²) in [5.41, 5.74) is 2.76. The summed E-state index contributed by atoms with van der Waals surface area (Å²) >= 11 is 12.0. The Kier molecular flexibility index (Phi) is 5.34. The minimum Gasteiger partial charge on any atom is -0.355 e. The quantitative estimate of drug-likeness (QED) is 0.732. The van der Waals surface area contributed by atoms with Gasteiger partial charge in [-0.3, -0.25) is 9.78 Å². The molecule has 3 nitrogen and oxygen atoms in total. The number of halogens is 2. The van der Waals surface area contributed by atoms with Crippen molar-refractivity contribution in [1.82, 2.24) is 10.3 Å². The van der Waals surface area contributed by atoms with Crippen LogP contribution in [-0.2, 0) is 17.6 Å². The van der Waals surface area contributed by atoms with Gasteiger partial charge >= 0.3 is 0 Å².